The van der Waals surface area contributed by atoms with Crippen LogP contribution in [0.15, 0.2) is 30.3 Å². The summed E-state index contributed by atoms with van der Waals surface area (Å²) in [5, 5.41) is 3.33. The molecule has 130 valence electrons. The normalized spacial score (nSPS) is 20.6. The van der Waals surface area contributed by atoms with Crippen LogP contribution in [0.1, 0.15) is 24.0 Å². The van der Waals surface area contributed by atoms with E-state index in [0.29, 0.717) is 18.4 Å². The molecule has 0 unspecified atom stereocenters. The van der Waals surface area contributed by atoms with Gasteiger partial charge in [0.25, 0.3) is 0 Å². The number of nitrogens with zero attached hydrogens (tertiary/aromatic N) is 2. The first kappa shape index (κ1) is 17.2. The number of amides is 1. The Bertz CT molecular complexity index is 553. The number of carbonyl (C=O) groups excluding carboxylic acids is 1. The number of nitrogens with one attached hydrogen (secondary N) is 1. The van der Waals surface area contributed by atoms with Gasteiger partial charge in [0.1, 0.15) is 0 Å². The molecule has 2 fully saturated rings. The van der Waals surface area contributed by atoms with E-state index >= 15 is 0 Å². The van der Waals surface area contributed by atoms with Gasteiger partial charge in [0, 0.05) is 39.3 Å². The lowest BCUT2D eigenvalue weighted by Crippen LogP contribution is -2.49. The molecule has 2 aliphatic heterocycles. The standard InChI is InChI=1S/C20H29N3O/c1-17-2-4-18(5-3-17)6-7-19-8-12-23(13-9-19)20(24)16-22-14-10-21-11-15-22/h2-7,19,21H,8-16H2,1H3. The highest BCUT2D eigenvalue weighted by molar-refractivity contribution is 5.78. The van der Waals surface area contributed by atoms with E-state index in [9.17, 15) is 4.79 Å². The highest BCUT2D eigenvalue weighted by Gasteiger charge is 2.23. The van der Waals surface area contributed by atoms with Gasteiger partial charge in [-0.15, -0.1) is 0 Å². The summed E-state index contributed by atoms with van der Waals surface area (Å²) in [7, 11) is 0. The molecule has 2 saturated heterocycles. The van der Waals surface area contributed by atoms with Crippen LogP contribution in [0.25, 0.3) is 6.08 Å². The Labute approximate surface area is 145 Å². The van der Waals surface area contributed by atoms with Gasteiger partial charge in [-0.3, -0.25) is 9.69 Å². The van der Waals surface area contributed by atoms with Crippen molar-refractivity contribution in [3.63, 3.8) is 0 Å². The maximum absolute atomic E-state index is 12.4. The maximum Gasteiger partial charge on any atom is 0.236 e. The zero-order valence-corrected chi connectivity index (χ0v) is 14.7. The van der Waals surface area contributed by atoms with Crippen molar-refractivity contribution in [2.75, 3.05) is 45.8 Å². The average Bonchev–Trinajstić information content (AvgIpc) is 2.62. The summed E-state index contributed by atoms with van der Waals surface area (Å²) in [4.78, 5) is 16.7. The van der Waals surface area contributed by atoms with Gasteiger partial charge in [-0.2, -0.15) is 0 Å². The van der Waals surface area contributed by atoms with Gasteiger partial charge in [-0.05, 0) is 31.2 Å². The number of likely N-dealkylation sites (tertiary alicyclic amines) is 1. The van der Waals surface area contributed by atoms with Gasteiger partial charge in [0.15, 0.2) is 0 Å². The van der Waals surface area contributed by atoms with Crippen LogP contribution in [-0.4, -0.2) is 61.5 Å². The SMILES string of the molecule is Cc1ccc(C=CC2CCN(C(=O)CN3CCNCC3)CC2)cc1. The third-order valence-electron chi connectivity index (χ3n) is 5.10. The summed E-state index contributed by atoms with van der Waals surface area (Å²) in [5.41, 5.74) is 2.56. The average molecular weight is 327 g/mol. The molecule has 24 heavy (non-hydrogen) atoms. The minimum atomic E-state index is 0.304. The first-order valence-corrected chi connectivity index (χ1v) is 9.16. The Morgan fingerprint density at radius 2 is 1.79 bits per heavy atom. The zero-order valence-electron chi connectivity index (χ0n) is 14.7. The smallest absolute Gasteiger partial charge is 0.236 e. The van der Waals surface area contributed by atoms with E-state index in [1.165, 1.54) is 11.1 Å². The molecule has 1 aromatic carbocycles. The summed E-state index contributed by atoms with van der Waals surface area (Å²) in [6, 6.07) is 8.63. The van der Waals surface area contributed by atoms with E-state index in [1.807, 2.05) is 0 Å². The predicted octanol–water partition coefficient (Wildman–Crippen LogP) is 2.15. The molecular weight excluding hydrogens is 298 g/mol. The van der Waals surface area contributed by atoms with Crippen LogP contribution < -0.4 is 5.32 Å². The number of rotatable bonds is 4. The summed E-state index contributed by atoms with van der Waals surface area (Å²) in [5.74, 6) is 0.896. The van der Waals surface area contributed by atoms with Gasteiger partial charge in [-0.25, -0.2) is 0 Å². The van der Waals surface area contributed by atoms with E-state index in [4.69, 9.17) is 0 Å². The number of aryl methyl sites for hydroxylation is 1. The molecule has 4 heteroatoms. The number of allylic oxidation sites excluding steroid dienone is 1. The Morgan fingerprint density at radius 1 is 1.12 bits per heavy atom. The quantitative estimate of drug-likeness (QED) is 0.920. The molecule has 3 rings (SSSR count). The molecule has 0 aromatic heterocycles. The molecule has 0 radical (unpaired) electrons. The molecule has 0 bridgehead atoms. The number of carbonyl (C=O) groups is 1. The Hall–Kier alpha value is -1.65. The van der Waals surface area contributed by atoms with Gasteiger partial charge in [-0.1, -0.05) is 42.0 Å². The Balaban J connectivity index is 1.43. The van der Waals surface area contributed by atoms with Crippen molar-refractivity contribution in [2.45, 2.75) is 19.8 Å². The van der Waals surface area contributed by atoms with Crippen LogP contribution in [0.5, 0.6) is 0 Å². The molecule has 4 nitrogen and oxygen atoms in total. The lowest BCUT2D eigenvalue weighted by molar-refractivity contribution is -0.133. The first-order valence-electron chi connectivity index (χ1n) is 9.16. The van der Waals surface area contributed by atoms with Crippen molar-refractivity contribution in [1.82, 2.24) is 15.1 Å². The minimum absolute atomic E-state index is 0.304. The number of hydrogen-bond donors (Lipinski definition) is 1. The monoisotopic (exact) mass is 327 g/mol. The van der Waals surface area contributed by atoms with Crippen LogP contribution in [0.2, 0.25) is 0 Å². The van der Waals surface area contributed by atoms with Gasteiger partial charge >= 0.3 is 0 Å². The molecule has 1 aromatic rings. The molecular formula is C20H29N3O. The fraction of sp³-hybridized carbons (Fsp3) is 0.550. The lowest BCUT2D eigenvalue weighted by atomic mass is 9.95. The molecule has 0 aliphatic carbocycles. The van der Waals surface area contributed by atoms with E-state index in [-0.39, 0.29) is 0 Å². The van der Waals surface area contributed by atoms with Gasteiger partial charge in [0.2, 0.25) is 5.91 Å². The predicted molar refractivity (Wildman–Crippen MR) is 98.8 cm³/mol. The van der Waals surface area contributed by atoms with Crippen molar-refractivity contribution in [1.29, 1.82) is 0 Å². The van der Waals surface area contributed by atoms with Crippen LogP contribution >= 0.6 is 0 Å². The molecule has 2 aliphatic rings. The number of benzene rings is 1. The van der Waals surface area contributed by atoms with Crippen LogP contribution in [0.3, 0.4) is 0 Å². The lowest BCUT2D eigenvalue weighted by Gasteiger charge is -2.33. The highest BCUT2D eigenvalue weighted by atomic mass is 16.2. The van der Waals surface area contributed by atoms with Crippen molar-refractivity contribution in [3.05, 3.63) is 41.5 Å². The fourth-order valence-electron chi connectivity index (χ4n) is 3.43. The van der Waals surface area contributed by atoms with E-state index in [1.54, 1.807) is 0 Å². The van der Waals surface area contributed by atoms with Crippen molar-refractivity contribution in [2.24, 2.45) is 5.92 Å². The van der Waals surface area contributed by atoms with E-state index in [0.717, 1.165) is 52.1 Å². The van der Waals surface area contributed by atoms with E-state index in [2.05, 4.69) is 58.5 Å². The molecule has 0 saturated carbocycles. The molecule has 2 heterocycles. The largest absolute Gasteiger partial charge is 0.342 e. The minimum Gasteiger partial charge on any atom is -0.342 e. The number of piperidine rings is 1. The molecule has 0 atom stereocenters. The van der Waals surface area contributed by atoms with Crippen LogP contribution in [-0.2, 0) is 4.79 Å². The summed E-state index contributed by atoms with van der Waals surface area (Å²) in [6.45, 7) is 8.47. The second-order valence-electron chi connectivity index (χ2n) is 7.01. The van der Waals surface area contributed by atoms with Gasteiger partial charge in [0.05, 0.1) is 6.54 Å². The van der Waals surface area contributed by atoms with Crippen LogP contribution in [0, 0.1) is 12.8 Å². The van der Waals surface area contributed by atoms with Gasteiger partial charge < -0.3 is 10.2 Å². The molecule has 1 N–H and O–H groups in total. The second kappa shape index (κ2) is 8.45. The van der Waals surface area contributed by atoms with Crippen molar-refractivity contribution in [3.8, 4) is 0 Å². The van der Waals surface area contributed by atoms with Crippen molar-refractivity contribution >= 4 is 12.0 Å². The summed E-state index contributed by atoms with van der Waals surface area (Å²) < 4.78 is 0. The third kappa shape index (κ3) is 4.92. The third-order valence-corrected chi connectivity index (χ3v) is 5.10. The summed E-state index contributed by atoms with van der Waals surface area (Å²) >= 11 is 0. The van der Waals surface area contributed by atoms with Crippen molar-refractivity contribution < 1.29 is 4.79 Å². The number of hydrogen-bond acceptors (Lipinski definition) is 3. The first-order chi connectivity index (χ1) is 11.7. The fourth-order valence-corrected chi connectivity index (χ4v) is 3.43. The second-order valence-corrected chi connectivity index (χ2v) is 7.01. The number of piperazine rings is 1. The summed E-state index contributed by atoms with van der Waals surface area (Å²) in [6.07, 6.45) is 6.70. The zero-order chi connectivity index (χ0) is 16.8. The maximum atomic E-state index is 12.4. The Kier molecular flexibility index (Phi) is 6.05. The molecule has 1 amide bonds. The topological polar surface area (TPSA) is 35.6 Å². The van der Waals surface area contributed by atoms with E-state index < -0.39 is 0 Å². The molecule has 0 spiro atoms. The highest BCUT2D eigenvalue weighted by Crippen LogP contribution is 2.20. The van der Waals surface area contributed by atoms with Crippen LogP contribution in [0.4, 0.5) is 0 Å². The Morgan fingerprint density at radius 3 is 2.46 bits per heavy atom.